The van der Waals surface area contributed by atoms with Crippen LogP contribution < -0.4 is 16.4 Å². The second-order valence-corrected chi connectivity index (χ2v) is 8.10. The van der Waals surface area contributed by atoms with E-state index in [-0.39, 0.29) is 23.2 Å². The molecule has 0 unspecified atom stereocenters. The number of carbonyl (C=O) groups excluding carboxylic acids is 1. The molecule has 1 aromatic rings. The van der Waals surface area contributed by atoms with E-state index in [4.69, 9.17) is 10.5 Å². The smallest absolute Gasteiger partial charge is 0.254 e. The van der Waals surface area contributed by atoms with E-state index < -0.39 is 5.91 Å². The summed E-state index contributed by atoms with van der Waals surface area (Å²) in [6.07, 6.45) is 8.71. The summed E-state index contributed by atoms with van der Waals surface area (Å²) in [7, 11) is 1.76. The van der Waals surface area contributed by atoms with Gasteiger partial charge < -0.3 is 26.2 Å². The first kappa shape index (κ1) is 19.8. The van der Waals surface area contributed by atoms with E-state index in [2.05, 4.69) is 27.5 Å². The van der Waals surface area contributed by atoms with Crippen molar-refractivity contribution in [3.8, 4) is 0 Å². The van der Waals surface area contributed by atoms with Crippen molar-refractivity contribution in [3.63, 3.8) is 0 Å². The molecule has 2 fully saturated rings. The van der Waals surface area contributed by atoms with Gasteiger partial charge in [-0.15, -0.1) is 0 Å². The first-order valence-corrected chi connectivity index (χ1v) is 9.81. The molecular formula is C19H31N5O3. The monoisotopic (exact) mass is 377 g/mol. The maximum absolute atomic E-state index is 11.8. The summed E-state index contributed by atoms with van der Waals surface area (Å²) in [6, 6.07) is 0.0716. The molecule has 0 radical (unpaired) electrons. The van der Waals surface area contributed by atoms with E-state index >= 15 is 0 Å². The van der Waals surface area contributed by atoms with Gasteiger partial charge in [-0.1, -0.05) is 0 Å². The number of aliphatic hydroxyl groups excluding tert-OH is 1. The van der Waals surface area contributed by atoms with Gasteiger partial charge in [-0.3, -0.25) is 4.79 Å². The fourth-order valence-electron chi connectivity index (χ4n) is 4.08. The largest absolute Gasteiger partial charge is 0.393 e. The number of anilines is 2. The number of methoxy groups -OCH3 is 1. The van der Waals surface area contributed by atoms with Gasteiger partial charge in [0.05, 0.1) is 17.8 Å². The number of primary amides is 1. The van der Waals surface area contributed by atoms with Crippen molar-refractivity contribution in [3.05, 3.63) is 11.8 Å². The number of nitrogens with two attached hydrogens (primary N) is 1. The highest BCUT2D eigenvalue weighted by Crippen LogP contribution is 2.32. The molecule has 2 saturated carbocycles. The van der Waals surface area contributed by atoms with Crippen LogP contribution in [0.25, 0.3) is 0 Å². The SMILES string of the molecule is COC1CCC(C)(Nc2ncc(C(N)=O)c(N[C@@H]3CCC[C@H](O)C3)n2)CC1. The number of aromatic nitrogens is 2. The first-order valence-electron chi connectivity index (χ1n) is 9.81. The molecule has 0 aromatic carbocycles. The zero-order valence-electron chi connectivity index (χ0n) is 16.2. The number of carbonyl (C=O) groups is 1. The molecule has 150 valence electrons. The summed E-state index contributed by atoms with van der Waals surface area (Å²) in [5.41, 5.74) is 5.66. The van der Waals surface area contributed by atoms with Crippen molar-refractivity contribution in [1.29, 1.82) is 0 Å². The van der Waals surface area contributed by atoms with Crippen LogP contribution >= 0.6 is 0 Å². The van der Waals surface area contributed by atoms with E-state index in [1.807, 2.05) is 0 Å². The number of hydrogen-bond donors (Lipinski definition) is 4. The Morgan fingerprint density at radius 2 is 2.07 bits per heavy atom. The van der Waals surface area contributed by atoms with Crippen molar-refractivity contribution in [2.24, 2.45) is 5.73 Å². The zero-order chi connectivity index (χ0) is 19.4. The minimum atomic E-state index is -0.563. The van der Waals surface area contributed by atoms with E-state index in [1.54, 1.807) is 7.11 Å². The molecule has 2 atom stereocenters. The fraction of sp³-hybridized carbons (Fsp3) is 0.737. The molecule has 0 saturated heterocycles. The quantitative estimate of drug-likeness (QED) is 0.598. The van der Waals surface area contributed by atoms with Crippen LogP contribution in [0.5, 0.6) is 0 Å². The van der Waals surface area contributed by atoms with E-state index in [0.717, 1.165) is 44.9 Å². The van der Waals surface area contributed by atoms with Crippen molar-refractivity contribution in [2.45, 2.75) is 82.1 Å². The third kappa shape index (κ3) is 5.07. The number of nitrogens with zero attached hydrogens (tertiary/aromatic N) is 2. The van der Waals surface area contributed by atoms with Crippen LogP contribution in [0.2, 0.25) is 0 Å². The lowest BCUT2D eigenvalue weighted by Crippen LogP contribution is -2.41. The predicted molar refractivity (Wildman–Crippen MR) is 104 cm³/mol. The number of nitrogens with one attached hydrogen (secondary N) is 2. The molecule has 1 heterocycles. The number of rotatable bonds is 6. The lowest BCUT2D eigenvalue weighted by atomic mass is 9.82. The number of ether oxygens (including phenoxy) is 1. The van der Waals surface area contributed by atoms with Crippen LogP contribution in [0, 0.1) is 0 Å². The Morgan fingerprint density at radius 3 is 2.70 bits per heavy atom. The molecule has 1 amide bonds. The van der Waals surface area contributed by atoms with Gasteiger partial charge in [-0.05, 0) is 58.3 Å². The molecule has 5 N–H and O–H groups in total. The van der Waals surface area contributed by atoms with Gasteiger partial charge >= 0.3 is 0 Å². The van der Waals surface area contributed by atoms with Crippen LogP contribution in [0.1, 0.15) is 68.6 Å². The Balaban J connectivity index is 1.74. The van der Waals surface area contributed by atoms with Crippen LogP contribution in [0.15, 0.2) is 6.20 Å². The molecule has 27 heavy (non-hydrogen) atoms. The number of hydrogen-bond acceptors (Lipinski definition) is 7. The Morgan fingerprint density at radius 1 is 1.33 bits per heavy atom. The molecule has 2 aliphatic rings. The standard InChI is InChI=1S/C19H31N5O3/c1-19(8-6-14(27-2)7-9-19)24-18-21-11-15(16(20)26)17(23-18)22-12-4-3-5-13(25)10-12/h11-14,25H,3-10H2,1-2H3,(H2,20,26)(H2,21,22,23,24)/t12-,13+,14?,19?/m1/s1. The lowest BCUT2D eigenvalue weighted by Gasteiger charge is -2.37. The summed E-state index contributed by atoms with van der Waals surface area (Å²) >= 11 is 0. The second-order valence-electron chi connectivity index (χ2n) is 8.10. The average Bonchev–Trinajstić information content (AvgIpc) is 2.62. The van der Waals surface area contributed by atoms with Crippen LogP contribution in [0.3, 0.4) is 0 Å². The van der Waals surface area contributed by atoms with Crippen molar-refractivity contribution in [1.82, 2.24) is 9.97 Å². The molecule has 0 bridgehead atoms. The van der Waals surface area contributed by atoms with Crippen LogP contribution in [0.4, 0.5) is 11.8 Å². The lowest BCUT2D eigenvalue weighted by molar-refractivity contribution is 0.0563. The predicted octanol–water partition coefficient (Wildman–Crippen LogP) is 2.05. The third-order valence-corrected chi connectivity index (χ3v) is 5.82. The van der Waals surface area contributed by atoms with Crippen LogP contribution in [-0.4, -0.2) is 51.9 Å². The molecule has 0 spiro atoms. The summed E-state index contributed by atoms with van der Waals surface area (Å²) in [4.78, 5) is 20.6. The van der Waals surface area contributed by atoms with E-state index in [0.29, 0.717) is 24.3 Å². The molecule has 8 heteroatoms. The van der Waals surface area contributed by atoms with Gasteiger partial charge in [0.1, 0.15) is 5.82 Å². The number of aliphatic hydroxyl groups is 1. The molecular weight excluding hydrogens is 346 g/mol. The van der Waals surface area contributed by atoms with Gasteiger partial charge in [0.25, 0.3) is 5.91 Å². The highest BCUT2D eigenvalue weighted by Gasteiger charge is 2.32. The molecule has 2 aliphatic carbocycles. The van der Waals surface area contributed by atoms with Gasteiger partial charge in [-0.2, -0.15) is 4.98 Å². The molecule has 1 aromatic heterocycles. The Bertz CT molecular complexity index is 661. The minimum Gasteiger partial charge on any atom is -0.393 e. The molecule has 3 rings (SSSR count). The average molecular weight is 377 g/mol. The molecule has 0 aliphatic heterocycles. The van der Waals surface area contributed by atoms with Gasteiger partial charge in [-0.25, -0.2) is 4.98 Å². The second kappa shape index (κ2) is 8.39. The van der Waals surface area contributed by atoms with E-state index in [9.17, 15) is 9.90 Å². The highest BCUT2D eigenvalue weighted by atomic mass is 16.5. The topological polar surface area (TPSA) is 122 Å². The van der Waals surface area contributed by atoms with Crippen molar-refractivity contribution in [2.75, 3.05) is 17.7 Å². The maximum Gasteiger partial charge on any atom is 0.254 e. The third-order valence-electron chi connectivity index (χ3n) is 5.82. The summed E-state index contributed by atoms with van der Waals surface area (Å²) in [6.45, 7) is 2.16. The van der Waals surface area contributed by atoms with E-state index in [1.165, 1.54) is 6.20 Å². The molecule has 8 nitrogen and oxygen atoms in total. The van der Waals surface area contributed by atoms with Gasteiger partial charge in [0.15, 0.2) is 0 Å². The highest BCUT2D eigenvalue weighted by molar-refractivity contribution is 5.97. The summed E-state index contributed by atoms with van der Waals surface area (Å²) in [5.74, 6) is 0.359. The fourth-order valence-corrected chi connectivity index (χ4v) is 4.08. The Labute approximate surface area is 160 Å². The Hall–Kier alpha value is -1.93. The Kier molecular flexibility index (Phi) is 6.16. The summed E-state index contributed by atoms with van der Waals surface area (Å²) in [5, 5.41) is 16.6. The maximum atomic E-state index is 11.8. The zero-order valence-corrected chi connectivity index (χ0v) is 16.2. The van der Waals surface area contributed by atoms with Gasteiger partial charge in [0.2, 0.25) is 5.95 Å². The van der Waals surface area contributed by atoms with Crippen LogP contribution in [-0.2, 0) is 4.74 Å². The number of amides is 1. The van der Waals surface area contributed by atoms with Gasteiger partial charge in [0, 0.05) is 24.9 Å². The first-order chi connectivity index (χ1) is 12.9. The summed E-state index contributed by atoms with van der Waals surface area (Å²) < 4.78 is 5.45. The van der Waals surface area contributed by atoms with Crippen molar-refractivity contribution >= 4 is 17.7 Å². The van der Waals surface area contributed by atoms with Crippen molar-refractivity contribution < 1.29 is 14.6 Å². The minimum absolute atomic E-state index is 0.0716. The normalized spacial score (nSPS) is 31.3.